The normalized spacial score (nSPS) is 11.9. The highest BCUT2D eigenvalue weighted by molar-refractivity contribution is 6.30. The minimum atomic E-state index is 0.381. The lowest BCUT2D eigenvalue weighted by atomic mass is 9.83. The minimum Gasteiger partial charge on any atom is -0.497 e. The summed E-state index contributed by atoms with van der Waals surface area (Å²) >= 11 is 6.27. The van der Waals surface area contributed by atoms with E-state index in [9.17, 15) is 5.26 Å². The van der Waals surface area contributed by atoms with E-state index in [0.717, 1.165) is 53.0 Å². The van der Waals surface area contributed by atoms with Gasteiger partial charge in [0, 0.05) is 16.1 Å². The van der Waals surface area contributed by atoms with E-state index in [4.69, 9.17) is 26.1 Å². The molecular formula is C24H21ClN2O2. The van der Waals surface area contributed by atoms with Gasteiger partial charge in [0.25, 0.3) is 0 Å². The summed E-state index contributed by atoms with van der Waals surface area (Å²) < 4.78 is 11.3. The van der Waals surface area contributed by atoms with Gasteiger partial charge in [-0.25, -0.2) is 4.98 Å². The molecule has 3 aromatic rings. The zero-order valence-corrected chi connectivity index (χ0v) is 17.2. The van der Waals surface area contributed by atoms with E-state index in [0.29, 0.717) is 23.1 Å². The Morgan fingerprint density at radius 3 is 2.76 bits per heavy atom. The first-order valence-electron chi connectivity index (χ1n) is 9.69. The first-order chi connectivity index (χ1) is 14.2. The van der Waals surface area contributed by atoms with Crippen molar-refractivity contribution in [3.05, 3.63) is 64.2 Å². The summed E-state index contributed by atoms with van der Waals surface area (Å²) in [6.07, 6.45) is 2.48. The van der Waals surface area contributed by atoms with Crippen LogP contribution in [0.1, 0.15) is 30.0 Å². The number of fused-ring (bicyclic) bond motifs is 3. The third kappa shape index (κ3) is 3.54. The molecule has 4 nitrogen and oxygen atoms in total. The molecule has 0 radical (unpaired) electrons. The molecule has 0 bridgehead atoms. The van der Waals surface area contributed by atoms with Gasteiger partial charge >= 0.3 is 0 Å². The molecule has 0 spiro atoms. The number of benzene rings is 2. The van der Waals surface area contributed by atoms with Gasteiger partial charge in [0.2, 0.25) is 5.88 Å². The van der Waals surface area contributed by atoms with Crippen LogP contribution in [0.15, 0.2) is 42.5 Å². The van der Waals surface area contributed by atoms with Crippen molar-refractivity contribution in [3.8, 4) is 40.1 Å². The highest BCUT2D eigenvalue weighted by Crippen LogP contribution is 2.43. The number of hydrogen-bond acceptors (Lipinski definition) is 4. The van der Waals surface area contributed by atoms with Gasteiger partial charge < -0.3 is 9.47 Å². The Labute approximate surface area is 175 Å². The molecule has 1 heterocycles. The number of aryl methyl sites for hydroxylation is 1. The van der Waals surface area contributed by atoms with Crippen LogP contribution in [0.2, 0.25) is 5.02 Å². The van der Waals surface area contributed by atoms with Crippen molar-refractivity contribution in [3.63, 3.8) is 0 Å². The number of hydrogen-bond donors (Lipinski definition) is 0. The molecule has 1 aliphatic rings. The van der Waals surface area contributed by atoms with Gasteiger partial charge in [0.1, 0.15) is 17.4 Å². The summed E-state index contributed by atoms with van der Waals surface area (Å²) in [7, 11) is 1.67. The number of methoxy groups -OCH3 is 1. The average molecular weight is 405 g/mol. The lowest BCUT2D eigenvalue weighted by Gasteiger charge is -2.24. The van der Waals surface area contributed by atoms with Gasteiger partial charge in [-0.15, -0.1) is 0 Å². The molecule has 29 heavy (non-hydrogen) atoms. The lowest BCUT2D eigenvalue weighted by molar-refractivity contribution is 0.304. The van der Waals surface area contributed by atoms with Gasteiger partial charge in [0.15, 0.2) is 0 Å². The van der Waals surface area contributed by atoms with Crippen molar-refractivity contribution in [2.45, 2.75) is 26.2 Å². The quantitative estimate of drug-likeness (QED) is 0.536. The Balaban J connectivity index is 2.01. The number of nitrogens with zero attached hydrogens (tertiary/aromatic N) is 2. The second kappa shape index (κ2) is 8.14. The fraction of sp³-hybridized carbons (Fsp3) is 0.250. The summed E-state index contributed by atoms with van der Waals surface area (Å²) in [5.41, 5.74) is 6.42. The van der Waals surface area contributed by atoms with Crippen LogP contribution in [0, 0.1) is 11.3 Å². The van der Waals surface area contributed by atoms with E-state index in [2.05, 4.69) is 12.1 Å². The maximum atomic E-state index is 9.97. The average Bonchev–Trinajstić information content (AvgIpc) is 2.75. The second-order valence-corrected chi connectivity index (χ2v) is 7.42. The van der Waals surface area contributed by atoms with Crippen LogP contribution in [-0.2, 0) is 12.8 Å². The number of rotatable bonds is 5. The highest BCUT2D eigenvalue weighted by Gasteiger charge is 2.27. The van der Waals surface area contributed by atoms with Crippen molar-refractivity contribution in [1.29, 1.82) is 5.26 Å². The van der Waals surface area contributed by atoms with Gasteiger partial charge in [-0.1, -0.05) is 30.7 Å². The van der Waals surface area contributed by atoms with Crippen LogP contribution >= 0.6 is 11.6 Å². The van der Waals surface area contributed by atoms with Gasteiger partial charge in [-0.2, -0.15) is 5.26 Å². The Morgan fingerprint density at radius 2 is 2.03 bits per heavy atom. The molecule has 2 aromatic carbocycles. The summed E-state index contributed by atoms with van der Waals surface area (Å²) in [6, 6.07) is 16.0. The molecule has 1 aromatic heterocycles. The van der Waals surface area contributed by atoms with E-state index in [1.54, 1.807) is 7.11 Å². The molecular weight excluding hydrogens is 384 g/mol. The van der Waals surface area contributed by atoms with E-state index in [1.165, 1.54) is 5.56 Å². The first kappa shape index (κ1) is 19.3. The standard InChI is InChI=1S/C24H21ClN2O2/c1-3-11-29-24-21(14-26)22(16-5-4-6-17(25)12-16)20-9-7-15-13-18(28-2)8-10-19(15)23(20)27-24/h4-6,8,10,12-13H,3,7,9,11H2,1-2H3. The number of aromatic nitrogens is 1. The topological polar surface area (TPSA) is 55.1 Å². The fourth-order valence-corrected chi connectivity index (χ4v) is 4.02. The Hall–Kier alpha value is -3.03. The number of ether oxygens (including phenoxy) is 2. The summed E-state index contributed by atoms with van der Waals surface area (Å²) in [5, 5.41) is 10.6. The van der Waals surface area contributed by atoms with Gasteiger partial charge in [-0.3, -0.25) is 0 Å². The van der Waals surface area contributed by atoms with Crippen LogP contribution < -0.4 is 9.47 Å². The number of nitriles is 1. The molecule has 0 saturated heterocycles. The Morgan fingerprint density at radius 1 is 1.17 bits per heavy atom. The monoisotopic (exact) mass is 404 g/mol. The van der Waals surface area contributed by atoms with Crippen LogP contribution in [0.4, 0.5) is 0 Å². The van der Waals surface area contributed by atoms with Gasteiger partial charge in [0.05, 0.1) is 19.4 Å². The molecule has 146 valence electrons. The van der Waals surface area contributed by atoms with Crippen LogP contribution in [-0.4, -0.2) is 18.7 Å². The predicted octanol–water partition coefficient (Wildman–Crippen LogP) is 5.84. The van der Waals surface area contributed by atoms with Crippen molar-refractivity contribution in [2.75, 3.05) is 13.7 Å². The van der Waals surface area contributed by atoms with Crippen molar-refractivity contribution < 1.29 is 9.47 Å². The maximum absolute atomic E-state index is 9.97. The highest BCUT2D eigenvalue weighted by atomic mass is 35.5. The van der Waals surface area contributed by atoms with E-state index >= 15 is 0 Å². The molecule has 0 aliphatic heterocycles. The van der Waals surface area contributed by atoms with E-state index in [1.807, 2.05) is 43.3 Å². The van der Waals surface area contributed by atoms with Crippen LogP contribution in [0.3, 0.4) is 0 Å². The summed E-state index contributed by atoms with van der Waals surface area (Å²) in [6.45, 7) is 2.54. The summed E-state index contributed by atoms with van der Waals surface area (Å²) in [5.74, 6) is 1.21. The third-order valence-electron chi connectivity index (χ3n) is 5.14. The Kier molecular flexibility index (Phi) is 5.42. The first-order valence-corrected chi connectivity index (χ1v) is 10.1. The van der Waals surface area contributed by atoms with Crippen molar-refractivity contribution >= 4 is 11.6 Å². The van der Waals surface area contributed by atoms with E-state index in [-0.39, 0.29) is 0 Å². The molecule has 0 saturated carbocycles. The largest absolute Gasteiger partial charge is 0.497 e. The smallest absolute Gasteiger partial charge is 0.232 e. The molecule has 5 heteroatoms. The van der Waals surface area contributed by atoms with Crippen LogP contribution in [0.25, 0.3) is 22.4 Å². The fourth-order valence-electron chi connectivity index (χ4n) is 3.83. The maximum Gasteiger partial charge on any atom is 0.232 e. The SMILES string of the molecule is CCCOc1nc2c(c(-c3cccc(Cl)c3)c1C#N)CCc1cc(OC)ccc1-2. The molecule has 0 N–H and O–H groups in total. The second-order valence-electron chi connectivity index (χ2n) is 6.99. The molecule has 0 unspecified atom stereocenters. The molecule has 0 fully saturated rings. The minimum absolute atomic E-state index is 0.381. The van der Waals surface area contributed by atoms with Crippen molar-refractivity contribution in [1.82, 2.24) is 4.98 Å². The zero-order chi connectivity index (χ0) is 20.4. The molecule has 0 amide bonds. The van der Waals surface area contributed by atoms with Crippen LogP contribution in [0.5, 0.6) is 11.6 Å². The number of pyridine rings is 1. The molecule has 1 aliphatic carbocycles. The molecule has 4 rings (SSSR count). The van der Waals surface area contributed by atoms with E-state index < -0.39 is 0 Å². The van der Waals surface area contributed by atoms with Crippen molar-refractivity contribution in [2.24, 2.45) is 0 Å². The zero-order valence-electron chi connectivity index (χ0n) is 16.5. The Bertz CT molecular complexity index is 1120. The lowest BCUT2D eigenvalue weighted by Crippen LogP contribution is -2.12. The van der Waals surface area contributed by atoms with Gasteiger partial charge in [-0.05, 0) is 66.3 Å². The number of halogens is 1. The summed E-state index contributed by atoms with van der Waals surface area (Å²) in [4.78, 5) is 4.81. The predicted molar refractivity (Wildman–Crippen MR) is 115 cm³/mol. The molecule has 0 atom stereocenters. The third-order valence-corrected chi connectivity index (χ3v) is 5.38.